The molecule has 11 heteroatoms. The molecule has 5 atom stereocenters. The van der Waals surface area contributed by atoms with E-state index in [1.165, 1.54) is 30.3 Å². The number of ether oxygens (including phenoxy) is 2. The smallest absolute Gasteiger partial charge is 0.402 e. The number of hydrogen-bond acceptors (Lipinski definition) is 10. The molecule has 2 heterocycles. The summed E-state index contributed by atoms with van der Waals surface area (Å²) in [6.45, 7) is -0.648. The Morgan fingerprint density at radius 3 is 2.28 bits per heavy atom. The number of benzene rings is 2. The first-order valence-electron chi connectivity index (χ1n) is 9.52. The zero-order valence-electron chi connectivity index (χ0n) is 16.4. The first-order valence-corrected chi connectivity index (χ1v) is 9.52. The fraction of sp³-hybridized carbons (Fsp3) is 0.286. The van der Waals surface area contributed by atoms with E-state index in [1.807, 2.05) is 0 Å². The third kappa shape index (κ3) is 3.83. The van der Waals surface area contributed by atoms with Crippen molar-refractivity contribution in [2.45, 2.75) is 30.7 Å². The van der Waals surface area contributed by atoms with Crippen LogP contribution in [0.15, 0.2) is 40.8 Å². The highest BCUT2D eigenvalue weighted by molar-refractivity contribution is 5.88. The Bertz CT molecular complexity index is 1150. The SMILES string of the molecule is OC[C@H]1OC(Oc2cc(O)cc3[o+]c(-c4ccc(O)c(O)c4)c(O)cc23)[C@H](O)[C@@H](O)[C@@H]1O. The summed E-state index contributed by atoms with van der Waals surface area (Å²) in [4.78, 5) is 0. The van der Waals surface area contributed by atoms with Gasteiger partial charge >= 0.3 is 11.3 Å². The summed E-state index contributed by atoms with van der Waals surface area (Å²) in [5, 5.41) is 79.3. The summed E-state index contributed by atoms with van der Waals surface area (Å²) < 4.78 is 16.6. The molecule has 1 unspecified atom stereocenters. The van der Waals surface area contributed by atoms with E-state index >= 15 is 0 Å². The highest BCUT2D eigenvalue weighted by Crippen LogP contribution is 2.41. The maximum absolute atomic E-state index is 10.5. The number of aliphatic hydroxyl groups excluding tert-OH is 4. The quantitative estimate of drug-likeness (QED) is 0.203. The van der Waals surface area contributed by atoms with Crippen LogP contribution in [0.1, 0.15) is 0 Å². The van der Waals surface area contributed by atoms with Gasteiger partial charge in [-0.2, -0.15) is 0 Å². The molecule has 1 fully saturated rings. The van der Waals surface area contributed by atoms with Gasteiger partial charge in [-0.1, -0.05) is 0 Å². The molecular weight excluding hydrogens is 428 g/mol. The number of phenolic OH excluding ortho intramolecular Hbond substituents is 3. The first kappa shape index (κ1) is 21.9. The largest absolute Gasteiger partial charge is 0.507 e. The van der Waals surface area contributed by atoms with Gasteiger partial charge in [0.2, 0.25) is 12.0 Å². The third-order valence-corrected chi connectivity index (χ3v) is 5.14. The van der Waals surface area contributed by atoms with Crippen molar-refractivity contribution < 1.29 is 54.7 Å². The first-order chi connectivity index (χ1) is 15.2. The Labute approximate surface area is 180 Å². The Hall–Kier alpha value is -3.35. The molecule has 170 valence electrons. The number of hydrogen-bond donors (Lipinski definition) is 8. The number of phenols is 3. The van der Waals surface area contributed by atoms with Crippen molar-refractivity contribution in [1.82, 2.24) is 0 Å². The molecule has 32 heavy (non-hydrogen) atoms. The lowest BCUT2D eigenvalue weighted by molar-refractivity contribution is -0.277. The molecule has 1 aliphatic rings. The predicted molar refractivity (Wildman–Crippen MR) is 107 cm³/mol. The van der Waals surface area contributed by atoms with Crippen LogP contribution in [0.4, 0.5) is 0 Å². The molecule has 1 saturated heterocycles. The highest BCUT2D eigenvalue weighted by Gasteiger charge is 2.45. The van der Waals surface area contributed by atoms with Crippen molar-refractivity contribution in [3.05, 3.63) is 36.4 Å². The minimum Gasteiger partial charge on any atom is -0.507 e. The van der Waals surface area contributed by atoms with Crippen molar-refractivity contribution in [3.8, 4) is 40.1 Å². The molecule has 0 saturated carbocycles. The topological polar surface area (TPSA) is 192 Å². The lowest BCUT2D eigenvalue weighted by atomic mass is 9.99. The van der Waals surface area contributed by atoms with Crippen LogP contribution >= 0.6 is 0 Å². The zero-order valence-corrected chi connectivity index (χ0v) is 16.4. The molecule has 2 aromatic carbocycles. The zero-order chi connectivity index (χ0) is 23.2. The minimum absolute atomic E-state index is 0.0463. The molecular formula is C21H21O11+. The molecule has 1 aromatic heterocycles. The van der Waals surface area contributed by atoms with Gasteiger partial charge in [-0.25, -0.2) is 4.42 Å². The van der Waals surface area contributed by atoms with E-state index in [9.17, 15) is 40.9 Å². The van der Waals surface area contributed by atoms with Crippen LogP contribution in [0, 0.1) is 0 Å². The fourth-order valence-corrected chi connectivity index (χ4v) is 3.44. The summed E-state index contributed by atoms with van der Waals surface area (Å²) >= 11 is 0. The van der Waals surface area contributed by atoms with E-state index in [0.29, 0.717) is 0 Å². The summed E-state index contributed by atoms with van der Waals surface area (Å²) in [5.74, 6) is -1.62. The molecule has 0 radical (unpaired) electrons. The van der Waals surface area contributed by atoms with Gasteiger partial charge in [0.15, 0.2) is 11.5 Å². The minimum atomic E-state index is -1.69. The summed E-state index contributed by atoms with van der Waals surface area (Å²) in [7, 11) is 0. The van der Waals surface area contributed by atoms with Crippen LogP contribution in [0.2, 0.25) is 0 Å². The monoisotopic (exact) mass is 449 g/mol. The van der Waals surface area contributed by atoms with Crippen LogP contribution < -0.4 is 4.74 Å². The van der Waals surface area contributed by atoms with Gasteiger partial charge in [0, 0.05) is 18.2 Å². The second-order valence-electron chi connectivity index (χ2n) is 7.34. The standard InChI is InChI=1S/C21H20O11/c22-7-16-17(27)18(28)19(29)21(32-16)31-15-5-9(23)4-14-10(15)6-13(26)20(30-14)8-1-2-11(24)12(25)3-8/h1-6,16-19,21-22,27-29H,7H2,(H3-,23,24,25,26)/p+1/t16-,17-,18+,19-,21?/m1/s1. The second kappa shape index (κ2) is 8.30. The van der Waals surface area contributed by atoms with Gasteiger partial charge in [-0.3, -0.25) is 0 Å². The Morgan fingerprint density at radius 2 is 1.59 bits per heavy atom. The van der Waals surface area contributed by atoms with Crippen molar-refractivity contribution in [3.63, 3.8) is 0 Å². The summed E-state index contributed by atoms with van der Waals surface area (Å²) in [5.41, 5.74) is 0.282. The van der Waals surface area contributed by atoms with Crippen LogP contribution in [0.3, 0.4) is 0 Å². The highest BCUT2D eigenvalue weighted by atomic mass is 16.7. The second-order valence-corrected chi connectivity index (χ2v) is 7.34. The van der Waals surface area contributed by atoms with Gasteiger partial charge < -0.3 is 50.3 Å². The van der Waals surface area contributed by atoms with E-state index in [4.69, 9.17) is 13.9 Å². The number of fused-ring (bicyclic) bond motifs is 1. The Balaban J connectivity index is 1.74. The molecule has 0 spiro atoms. The average molecular weight is 449 g/mol. The van der Waals surface area contributed by atoms with Crippen LogP contribution in [0.5, 0.6) is 28.7 Å². The number of aliphatic hydroxyl groups is 4. The van der Waals surface area contributed by atoms with Gasteiger partial charge in [0.05, 0.1) is 18.2 Å². The van der Waals surface area contributed by atoms with Crippen LogP contribution in [-0.2, 0) is 4.74 Å². The molecule has 4 rings (SSSR count). The van der Waals surface area contributed by atoms with E-state index in [2.05, 4.69) is 0 Å². The molecule has 0 amide bonds. The third-order valence-electron chi connectivity index (χ3n) is 5.14. The fourth-order valence-electron chi connectivity index (χ4n) is 3.44. The van der Waals surface area contributed by atoms with Gasteiger partial charge in [0.1, 0.15) is 41.3 Å². The predicted octanol–water partition coefficient (Wildman–Crippen LogP) is 0.382. The van der Waals surface area contributed by atoms with Crippen molar-refractivity contribution in [2.75, 3.05) is 6.61 Å². The maximum Gasteiger partial charge on any atom is 0.402 e. The maximum atomic E-state index is 10.5. The normalized spacial score (nSPS) is 25.7. The molecule has 1 aliphatic heterocycles. The average Bonchev–Trinajstić information content (AvgIpc) is 2.76. The summed E-state index contributed by atoms with van der Waals surface area (Å²) in [6.07, 6.45) is -7.64. The Morgan fingerprint density at radius 1 is 0.844 bits per heavy atom. The van der Waals surface area contributed by atoms with Gasteiger partial charge in [-0.15, -0.1) is 0 Å². The lowest BCUT2D eigenvalue weighted by Crippen LogP contribution is -2.60. The van der Waals surface area contributed by atoms with Gasteiger partial charge in [-0.05, 0) is 12.1 Å². The molecule has 11 nitrogen and oxygen atoms in total. The van der Waals surface area contributed by atoms with E-state index in [1.54, 1.807) is 0 Å². The van der Waals surface area contributed by atoms with Crippen molar-refractivity contribution >= 4 is 11.0 Å². The van der Waals surface area contributed by atoms with Crippen molar-refractivity contribution in [2.24, 2.45) is 0 Å². The van der Waals surface area contributed by atoms with E-state index in [0.717, 1.165) is 6.07 Å². The van der Waals surface area contributed by atoms with E-state index < -0.39 is 43.1 Å². The van der Waals surface area contributed by atoms with Crippen molar-refractivity contribution in [1.29, 1.82) is 0 Å². The molecule has 8 N–H and O–H groups in total. The molecule has 0 aliphatic carbocycles. The lowest BCUT2D eigenvalue weighted by Gasteiger charge is -2.39. The summed E-state index contributed by atoms with van der Waals surface area (Å²) in [6, 6.07) is 7.42. The number of rotatable bonds is 4. The number of aromatic hydroxyl groups is 4. The Kier molecular flexibility index (Phi) is 5.67. The molecule has 3 aromatic rings. The van der Waals surface area contributed by atoms with Crippen LogP contribution in [-0.4, -0.2) is 78.2 Å². The van der Waals surface area contributed by atoms with Gasteiger partial charge in [0.25, 0.3) is 0 Å². The van der Waals surface area contributed by atoms with E-state index in [-0.39, 0.29) is 45.3 Å². The van der Waals surface area contributed by atoms with Crippen LogP contribution in [0.25, 0.3) is 22.3 Å². The molecule has 0 bridgehead atoms.